The summed E-state index contributed by atoms with van der Waals surface area (Å²) in [5.74, 6) is 0.312. The van der Waals surface area contributed by atoms with Gasteiger partial charge >= 0.3 is 0 Å². The molecule has 1 N–H and O–H groups in total. The van der Waals surface area contributed by atoms with Crippen LogP contribution in [0.25, 0.3) is 0 Å². The van der Waals surface area contributed by atoms with Gasteiger partial charge in [-0.25, -0.2) is 12.7 Å². The van der Waals surface area contributed by atoms with Gasteiger partial charge in [-0.15, -0.1) is 0 Å². The molecule has 1 aliphatic rings. The van der Waals surface area contributed by atoms with Crippen molar-refractivity contribution in [3.8, 4) is 6.07 Å². The lowest BCUT2D eigenvalue weighted by Crippen LogP contribution is -2.51. The summed E-state index contributed by atoms with van der Waals surface area (Å²) in [4.78, 5) is 0. The molecule has 5 nitrogen and oxygen atoms in total. The topological polar surface area (TPSA) is 73.2 Å². The van der Waals surface area contributed by atoms with Crippen LogP contribution in [0.2, 0.25) is 0 Å². The van der Waals surface area contributed by atoms with Gasteiger partial charge in [0.1, 0.15) is 0 Å². The molecule has 0 amide bonds. The minimum Gasteiger partial charge on any atom is -0.310 e. The summed E-state index contributed by atoms with van der Waals surface area (Å²) in [6, 6.07) is 10.1. The number of rotatable bonds is 6. The van der Waals surface area contributed by atoms with Crippen LogP contribution >= 0.6 is 0 Å². The van der Waals surface area contributed by atoms with Gasteiger partial charge in [-0.1, -0.05) is 25.5 Å². The summed E-state index contributed by atoms with van der Waals surface area (Å²) in [6.07, 6.45) is 1.77. The van der Waals surface area contributed by atoms with Crippen LogP contribution in [0, 0.1) is 17.2 Å². The third-order valence-corrected chi connectivity index (χ3v) is 7.04. The smallest absolute Gasteiger partial charge is 0.216 e. The molecule has 6 heteroatoms. The minimum atomic E-state index is -3.17. The molecule has 1 aromatic rings. The van der Waals surface area contributed by atoms with Crippen LogP contribution in [0.4, 0.5) is 0 Å². The van der Waals surface area contributed by atoms with Crippen LogP contribution in [0.1, 0.15) is 44.7 Å². The fourth-order valence-electron chi connectivity index (χ4n) is 3.21. The molecule has 0 radical (unpaired) electrons. The molecule has 1 aromatic carbocycles. The highest BCUT2D eigenvalue weighted by molar-refractivity contribution is 7.89. The van der Waals surface area contributed by atoms with E-state index < -0.39 is 10.0 Å². The number of sulfonamides is 1. The maximum Gasteiger partial charge on any atom is 0.216 e. The molecule has 0 aliphatic carbocycles. The molecule has 0 saturated carbocycles. The van der Waals surface area contributed by atoms with E-state index in [1.54, 1.807) is 24.2 Å². The van der Waals surface area contributed by atoms with Gasteiger partial charge in [-0.05, 0) is 43.9 Å². The van der Waals surface area contributed by atoms with Crippen LogP contribution in [-0.4, -0.2) is 37.1 Å². The molecule has 1 saturated heterocycles. The zero-order chi connectivity index (χ0) is 17.7. The van der Waals surface area contributed by atoms with Gasteiger partial charge in [0.25, 0.3) is 0 Å². The van der Waals surface area contributed by atoms with E-state index in [9.17, 15) is 8.42 Å². The van der Waals surface area contributed by atoms with Gasteiger partial charge in [-0.3, -0.25) is 0 Å². The van der Waals surface area contributed by atoms with E-state index in [1.165, 1.54) is 0 Å². The minimum absolute atomic E-state index is 0.305. The SMILES string of the molecule is CC[C@H]1CN(S(=O)(=O)C(C)C)CC[C@@H]1NCc1cccc(C#N)c1. The van der Waals surface area contributed by atoms with Crippen molar-refractivity contribution >= 4 is 10.0 Å². The highest BCUT2D eigenvalue weighted by Gasteiger charge is 2.34. The van der Waals surface area contributed by atoms with E-state index in [0.717, 1.165) is 18.4 Å². The maximum absolute atomic E-state index is 12.4. The van der Waals surface area contributed by atoms with E-state index in [4.69, 9.17) is 5.26 Å². The van der Waals surface area contributed by atoms with Crippen LogP contribution in [0.15, 0.2) is 24.3 Å². The van der Waals surface area contributed by atoms with Gasteiger partial charge in [0.15, 0.2) is 0 Å². The van der Waals surface area contributed by atoms with Crippen molar-refractivity contribution in [3.05, 3.63) is 35.4 Å². The second-order valence-corrected chi connectivity index (χ2v) is 9.20. The summed E-state index contributed by atoms with van der Waals surface area (Å²) in [5, 5.41) is 12.2. The van der Waals surface area contributed by atoms with E-state index in [2.05, 4.69) is 18.3 Å². The van der Waals surface area contributed by atoms with E-state index in [-0.39, 0.29) is 5.25 Å². The Bertz CT molecular complexity index is 694. The fourth-order valence-corrected chi connectivity index (χ4v) is 4.57. The first-order valence-electron chi connectivity index (χ1n) is 8.59. The Balaban J connectivity index is 1.99. The highest BCUT2D eigenvalue weighted by Crippen LogP contribution is 2.24. The number of piperidine rings is 1. The lowest BCUT2D eigenvalue weighted by molar-refractivity contribution is 0.200. The number of nitrogens with zero attached hydrogens (tertiary/aromatic N) is 2. The van der Waals surface area contributed by atoms with Crippen molar-refractivity contribution in [2.45, 2.75) is 51.4 Å². The van der Waals surface area contributed by atoms with Crippen LogP contribution in [0.5, 0.6) is 0 Å². The number of benzene rings is 1. The monoisotopic (exact) mass is 349 g/mol. The zero-order valence-electron chi connectivity index (χ0n) is 14.7. The first-order valence-corrected chi connectivity index (χ1v) is 10.1. The first-order chi connectivity index (χ1) is 11.4. The standard InChI is InChI=1S/C18H27N3O2S/c1-4-17-13-21(24(22,23)14(2)3)9-8-18(17)20-12-16-7-5-6-15(10-16)11-19/h5-7,10,14,17-18,20H,4,8-9,12-13H2,1-3H3/t17-,18-/m0/s1. The molecule has 0 aromatic heterocycles. The molecule has 0 unspecified atom stereocenters. The Morgan fingerprint density at radius 1 is 1.42 bits per heavy atom. The second-order valence-electron chi connectivity index (χ2n) is 6.71. The van der Waals surface area contributed by atoms with Crippen molar-refractivity contribution in [3.63, 3.8) is 0 Å². The van der Waals surface area contributed by atoms with Crippen molar-refractivity contribution in [1.82, 2.24) is 9.62 Å². The van der Waals surface area contributed by atoms with Gasteiger partial charge in [-0.2, -0.15) is 5.26 Å². The molecule has 132 valence electrons. The molecule has 24 heavy (non-hydrogen) atoms. The molecular formula is C18H27N3O2S. The molecular weight excluding hydrogens is 322 g/mol. The Morgan fingerprint density at radius 3 is 2.79 bits per heavy atom. The molecule has 2 rings (SSSR count). The summed E-state index contributed by atoms with van der Waals surface area (Å²) in [7, 11) is -3.17. The van der Waals surface area contributed by atoms with Gasteiger partial charge in [0, 0.05) is 25.7 Å². The largest absolute Gasteiger partial charge is 0.310 e. The van der Waals surface area contributed by atoms with Crippen molar-refractivity contribution < 1.29 is 8.42 Å². The van der Waals surface area contributed by atoms with Crippen LogP contribution < -0.4 is 5.32 Å². The first kappa shape index (κ1) is 18.9. The van der Waals surface area contributed by atoms with Crippen LogP contribution in [-0.2, 0) is 16.6 Å². The summed E-state index contributed by atoms with van der Waals surface area (Å²) >= 11 is 0. The predicted molar refractivity (Wildman–Crippen MR) is 95.8 cm³/mol. The number of hydrogen-bond acceptors (Lipinski definition) is 4. The van der Waals surface area contributed by atoms with Crippen molar-refractivity contribution in [1.29, 1.82) is 5.26 Å². The molecule has 1 heterocycles. The second kappa shape index (κ2) is 8.11. The molecule has 0 spiro atoms. The Kier molecular flexibility index (Phi) is 6.39. The summed E-state index contributed by atoms with van der Waals surface area (Å²) < 4.78 is 26.4. The van der Waals surface area contributed by atoms with E-state index >= 15 is 0 Å². The van der Waals surface area contributed by atoms with E-state index in [0.29, 0.717) is 37.2 Å². The molecule has 2 atom stereocenters. The average Bonchev–Trinajstić information content (AvgIpc) is 2.59. The van der Waals surface area contributed by atoms with E-state index in [1.807, 2.05) is 18.2 Å². The number of nitriles is 1. The summed E-state index contributed by atoms with van der Waals surface area (Å²) in [6.45, 7) is 7.46. The zero-order valence-corrected chi connectivity index (χ0v) is 15.5. The van der Waals surface area contributed by atoms with Crippen LogP contribution in [0.3, 0.4) is 0 Å². The molecule has 1 aliphatic heterocycles. The van der Waals surface area contributed by atoms with Crippen molar-refractivity contribution in [2.75, 3.05) is 13.1 Å². The third-order valence-electron chi connectivity index (χ3n) is 4.80. The summed E-state index contributed by atoms with van der Waals surface area (Å²) in [5.41, 5.74) is 1.75. The molecule has 1 fully saturated rings. The van der Waals surface area contributed by atoms with Gasteiger partial charge in [0.2, 0.25) is 10.0 Å². The lowest BCUT2D eigenvalue weighted by atomic mass is 9.91. The Morgan fingerprint density at radius 2 is 2.17 bits per heavy atom. The average molecular weight is 350 g/mol. The normalized spacial score (nSPS) is 22.5. The number of hydrogen-bond donors (Lipinski definition) is 1. The maximum atomic E-state index is 12.4. The van der Waals surface area contributed by atoms with Gasteiger partial charge in [0.05, 0.1) is 16.9 Å². The van der Waals surface area contributed by atoms with Gasteiger partial charge < -0.3 is 5.32 Å². The Labute approximate surface area is 145 Å². The highest BCUT2D eigenvalue weighted by atomic mass is 32.2. The third kappa shape index (κ3) is 4.35. The fraction of sp³-hybridized carbons (Fsp3) is 0.611. The lowest BCUT2D eigenvalue weighted by Gasteiger charge is -2.38. The van der Waals surface area contributed by atoms with Crippen molar-refractivity contribution in [2.24, 2.45) is 5.92 Å². The number of nitrogens with one attached hydrogen (secondary N) is 1. The quantitative estimate of drug-likeness (QED) is 0.856. The Hall–Kier alpha value is -1.42. The predicted octanol–water partition coefficient (Wildman–Crippen LogP) is 2.49. The molecule has 0 bridgehead atoms.